The number of hydrogen-bond acceptors (Lipinski definition) is 5. The van der Waals surface area contributed by atoms with Gasteiger partial charge in [-0.2, -0.15) is 5.10 Å². The first-order valence-corrected chi connectivity index (χ1v) is 6.96. The van der Waals surface area contributed by atoms with Crippen molar-refractivity contribution >= 4 is 49.0 Å². The number of halogens is 1. The summed E-state index contributed by atoms with van der Waals surface area (Å²) >= 11 is 4.92. The number of aromatic amines is 1. The first kappa shape index (κ1) is 11.5. The molecule has 0 fully saturated rings. The topological polar surface area (TPSA) is 79.6 Å². The van der Waals surface area contributed by atoms with Gasteiger partial charge in [-0.05, 0) is 12.1 Å². The molecule has 0 spiro atoms. The summed E-state index contributed by atoms with van der Waals surface area (Å²) in [6, 6.07) is 4.02. The molecule has 5 nitrogen and oxygen atoms in total. The van der Waals surface area contributed by atoms with Crippen LogP contribution < -0.4 is 11.1 Å². The number of anilines is 2. The van der Waals surface area contributed by atoms with Crippen LogP contribution in [0.5, 0.6) is 0 Å². The first-order valence-electron chi connectivity index (χ1n) is 5.29. The van der Waals surface area contributed by atoms with Crippen molar-refractivity contribution in [1.82, 2.24) is 15.2 Å². The van der Waals surface area contributed by atoms with E-state index in [0.717, 1.165) is 26.8 Å². The highest BCUT2D eigenvalue weighted by Crippen LogP contribution is 2.27. The third-order valence-electron chi connectivity index (χ3n) is 2.55. The van der Waals surface area contributed by atoms with Gasteiger partial charge in [-0.25, -0.2) is 4.98 Å². The van der Waals surface area contributed by atoms with Gasteiger partial charge in [-0.3, -0.25) is 5.10 Å². The van der Waals surface area contributed by atoms with Gasteiger partial charge in [0.25, 0.3) is 0 Å². The van der Waals surface area contributed by atoms with E-state index in [9.17, 15) is 0 Å². The summed E-state index contributed by atoms with van der Waals surface area (Å²) in [5, 5.41) is 13.9. The summed E-state index contributed by atoms with van der Waals surface area (Å²) in [7, 11) is 0. The lowest BCUT2D eigenvalue weighted by atomic mass is 10.2. The van der Waals surface area contributed by atoms with Gasteiger partial charge < -0.3 is 11.1 Å². The molecule has 0 aliphatic rings. The molecule has 4 N–H and O–H groups in total. The number of aromatic nitrogens is 3. The first-order chi connectivity index (χ1) is 8.72. The highest BCUT2D eigenvalue weighted by molar-refractivity contribution is 9.10. The SMILES string of the molecule is Nc1nc(CNc2cc(Br)cc3[nH]ncc23)cs1. The molecule has 3 rings (SSSR count). The highest BCUT2D eigenvalue weighted by atomic mass is 79.9. The fraction of sp³-hybridized carbons (Fsp3) is 0.0909. The number of nitrogen functional groups attached to an aromatic ring is 1. The number of nitrogens with one attached hydrogen (secondary N) is 2. The van der Waals surface area contributed by atoms with Crippen molar-refractivity contribution in [2.75, 3.05) is 11.1 Å². The van der Waals surface area contributed by atoms with E-state index in [-0.39, 0.29) is 0 Å². The molecule has 0 saturated heterocycles. The van der Waals surface area contributed by atoms with E-state index in [1.165, 1.54) is 11.3 Å². The Balaban J connectivity index is 1.87. The van der Waals surface area contributed by atoms with Crippen molar-refractivity contribution in [3.8, 4) is 0 Å². The summed E-state index contributed by atoms with van der Waals surface area (Å²) in [6.45, 7) is 0.643. The van der Waals surface area contributed by atoms with Crippen LogP contribution in [0.4, 0.5) is 10.8 Å². The minimum absolute atomic E-state index is 0.592. The molecule has 18 heavy (non-hydrogen) atoms. The standard InChI is InChI=1S/C11H10BrN5S/c12-6-1-9(8-4-15-17-10(8)2-6)14-3-7-5-18-11(13)16-7/h1-2,4-5,14H,3H2,(H2,13,16)(H,15,17). The Bertz CT molecular complexity index is 690. The quantitative estimate of drug-likeness (QED) is 0.692. The largest absolute Gasteiger partial charge is 0.379 e. The van der Waals surface area contributed by atoms with Crippen LogP contribution in [0.15, 0.2) is 28.2 Å². The lowest BCUT2D eigenvalue weighted by molar-refractivity contribution is 1.08. The molecule has 1 aromatic carbocycles. The number of fused-ring (bicyclic) bond motifs is 1. The van der Waals surface area contributed by atoms with E-state index in [2.05, 4.69) is 36.4 Å². The zero-order valence-corrected chi connectivity index (χ0v) is 11.7. The summed E-state index contributed by atoms with van der Waals surface area (Å²) in [5.74, 6) is 0. The van der Waals surface area contributed by atoms with E-state index >= 15 is 0 Å². The number of nitrogens with two attached hydrogens (primary N) is 1. The van der Waals surface area contributed by atoms with Crippen LogP contribution in [0.1, 0.15) is 5.69 Å². The fourth-order valence-corrected chi connectivity index (χ4v) is 2.77. The van der Waals surface area contributed by atoms with Gasteiger partial charge in [0, 0.05) is 20.9 Å². The third-order valence-corrected chi connectivity index (χ3v) is 3.73. The van der Waals surface area contributed by atoms with Gasteiger partial charge in [-0.1, -0.05) is 15.9 Å². The Hall–Kier alpha value is -1.60. The number of H-pyrrole nitrogens is 1. The average molecular weight is 324 g/mol. The zero-order valence-electron chi connectivity index (χ0n) is 9.27. The molecule has 2 heterocycles. The minimum Gasteiger partial charge on any atom is -0.379 e. The number of nitrogens with zero attached hydrogens (tertiary/aromatic N) is 2. The normalized spacial score (nSPS) is 10.9. The van der Waals surface area contributed by atoms with E-state index < -0.39 is 0 Å². The lowest BCUT2D eigenvalue weighted by Crippen LogP contribution is -2.00. The Morgan fingerprint density at radius 2 is 2.33 bits per heavy atom. The average Bonchev–Trinajstić information content (AvgIpc) is 2.94. The minimum atomic E-state index is 0.592. The molecule has 0 atom stereocenters. The molecule has 2 aromatic heterocycles. The van der Waals surface area contributed by atoms with Crippen LogP contribution in [0.3, 0.4) is 0 Å². The molecule has 0 bridgehead atoms. The fourth-order valence-electron chi connectivity index (χ4n) is 1.75. The van der Waals surface area contributed by atoms with E-state index in [1.54, 1.807) is 6.20 Å². The van der Waals surface area contributed by atoms with Gasteiger partial charge in [0.05, 0.1) is 24.0 Å². The number of hydrogen-bond donors (Lipinski definition) is 3. The summed E-state index contributed by atoms with van der Waals surface area (Å²) in [4.78, 5) is 4.21. The maximum atomic E-state index is 5.60. The van der Waals surface area contributed by atoms with Gasteiger partial charge in [0.2, 0.25) is 0 Å². The Kier molecular flexibility index (Phi) is 2.92. The summed E-state index contributed by atoms with van der Waals surface area (Å²) in [5.41, 5.74) is 8.55. The van der Waals surface area contributed by atoms with Gasteiger partial charge >= 0.3 is 0 Å². The van der Waals surface area contributed by atoms with Crippen LogP contribution in [-0.2, 0) is 6.54 Å². The second-order valence-corrected chi connectivity index (χ2v) is 5.62. The maximum absolute atomic E-state index is 5.60. The second kappa shape index (κ2) is 4.58. The number of thiazole rings is 1. The number of benzene rings is 1. The predicted molar refractivity (Wildman–Crippen MR) is 77.6 cm³/mol. The van der Waals surface area contributed by atoms with E-state index in [0.29, 0.717) is 11.7 Å². The molecule has 92 valence electrons. The van der Waals surface area contributed by atoms with Gasteiger partial charge in [0.1, 0.15) is 0 Å². The predicted octanol–water partition coefficient (Wildman–Crippen LogP) is 2.98. The Morgan fingerprint density at radius 1 is 1.44 bits per heavy atom. The van der Waals surface area contributed by atoms with E-state index in [1.807, 2.05) is 17.5 Å². The molecule has 0 aliphatic carbocycles. The molecule has 0 amide bonds. The van der Waals surface area contributed by atoms with Crippen molar-refractivity contribution < 1.29 is 0 Å². The van der Waals surface area contributed by atoms with Crippen LogP contribution in [0.2, 0.25) is 0 Å². The van der Waals surface area contributed by atoms with Crippen molar-refractivity contribution in [3.05, 3.63) is 33.9 Å². The molecule has 0 aliphatic heterocycles. The molecule has 3 aromatic rings. The van der Waals surface area contributed by atoms with Crippen LogP contribution >= 0.6 is 27.3 Å². The Labute approximate surface area is 116 Å². The summed E-state index contributed by atoms with van der Waals surface area (Å²) < 4.78 is 1.000. The van der Waals surface area contributed by atoms with Crippen molar-refractivity contribution in [2.24, 2.45) is 0 Å². The van der Waals surface area contributed by atoms with Gasteiger partial charge in [-0.15, -0.1) is 11.3 Å². The lowest BCUT2D eigenvalue weighted by Gasteiger charge is -2.06. The molecule has 7 heteroatoms. The van der Waals surface area contributed by atoms with Gasteiger partial charge in [0.15, 0.2) is 5.13 Å². The molecule has 0 saturated carbocycles. The van der Waals surface area contributed by atoms with Crippen molar-refractivity contribution in [2.45, 2.75) is 6.54 Å². The van der Waals surface area contributed by atoms with Crippen molar-refractivity contribution in [3.63, 3.8) is 0 Å². The molecular formula is C11H10BrN5S. The maximum Gasteiger partial charge on any atom is 0.180 e. The molecule has 0 radical (unpaired) electrons. The smallest absolute Gasteiger partial charge is 0.180 e. The molecular weight excluding hydrogens is 314 g/mol. The second-order valence-electron chi connectivity index (χ2n) is 3.82. The Morgan fingerprint density at radius 3 is 3.11 bits per heavy atom. The number of rotatable bonds is 3. The zero-order chi connectivity index (χ0) is 12.5. The van der Waals surface area contributed by atoms with Crippen molar-refractivity contribution in [1.29, 1.82) is 0 Å². The van der Waals surface area contributed by atoms with Crippen LogP contribution in [0.25, 0.3) is 10.9 Å². The summed E-state index contributed by atoms with van der Waals surface area (Å²) in [6.07, 6.45) is 1.81. The van der Waals surface area contributed by atoms with E-state index in [4.69, 9.17) is 5.73 Å². The monoisotopic (exact) mass is 323 g/mol. The van der Waals surface area contributed by atoms with Crippen LogP contribution in [-0.4, -0.2) is 15.2 Å². The third kappa shape index (κ3) is 2.19. The molecule has 0 unspecified atom stereocenters. The van der Waals surface area contributed by atoms with Crippen LogP contribution in [0, 0.1) is 0 Å². The highest BCUT2D eigenvalue weighted by Gasteiger charge is 2.05.